The minimum atomic E-state index is 0.472. The molecule has 0 unspecified atom stereocenters. The van der Waals surface area contributed by atoms with Gasteiger partial charge in [-0.05, 0) is 37.2 Å². The largest absolute Gasteiger partial charge is 0.464 e. The van der Waals surface area contributed by atoms with Crippen LogP contribution in [-0.4, -0.2) is 6.54 Å². The Morgan fingerprint density at radius 3 is 2.85 bits per heavy atom. The first-order valence-corrected chi connectivity index (χ1v) is 7.18. The van der Waals surface area contributed by atoms with Crippen LogP contribution >= 0.6 is 11.6 Å². The molecule has 0 amide bonds. The summed E-state index contributed by atoms with van der Waals surface area (Å²) in [7, 11) is 0. The summed E-state index contributed by atoms with van der Waals surface area (Å²) in [5.41, 5.74) is 2.25. The molecular weight excluding hydrogens is 274 g/mol. The Kier molecular flexibility index (Phi) is 5.65. The summed E-state index contributed by atoms with van der Waals surface area (Å²) in [4.78, 5) is 0. The van der Waals surface area contributed by atoms with Crippen LogP contribution in [0.15, 0.2) is 34.7 Å². The maximum atomic E-state index is 5.93. The summed E-state index contributed by atoms with van der Waals surface area (Å²) in [6.45, 7) is 6.85. The number of halogens is 1. The minimum absolute atomic E-state index is 0.472. The van der Waals surface area contributed by atoms with Crippen LogP contribution in [0.3, 0.4) is 0 Å². The van der Waals surface area contributed by atoms with Crippen molar-refractivity contribution in [2.24, 2.45) is 0 Å². The predicted octanol–water partition coefficient (Wildman–Crippen LogP) is 4.07. The summed E-state index contributed by atoms with van der Waals surface area (Å²) in [5, 5.41) is 4.02. The first-order chi connectivity index (χ1) is 9.69. The van der Waals surface area contributed by atoms with Crippen molar-refractivity contribution < 1.29 is 9.15 Å². The number of furan rings is 1. The molecule has 1 N–H and O–H groups in total. The van der Waals surface area contributed by atoms with Crippen molar-refractivity contribution in [1.82, 2.24) is 5.32 Å². The zero-order valence-electron chi connectivity index (χ0n) is 11.9. The van der Waals surface area contributed by atoms with Crippen molar-refractivity contribution in [2.45, 2.75) is 33.6 Å². The van der Waals surface area contributed by atoms with Gasteiger partial charge in [-0.1, -0.05) is 30.7 Å². The van der Waals surface area contributed by atoms with Crippen LogP contribution in [0.1, 0.15) is 29.6 Å². The quantitative estimate of drug-likeness (QED) is 0.836. The van der Waals surface area contributed by atoms with Gasteiger partial charge in [0, 0.05) is 17.1 Å². The highest BCUT2D eigenvalue weighted by Gasteiger charge is 2.07. The molecule has 0 bridgehead atoms. The van der Waals surface area contributed by atoms with Crippen LogP contribution in [0.4, 0.5) is 0 Å². The van der Waals surface area contributed by atoms with E-state index in [2.05, 4.69) is 18.3 Å². The molecule has 1 aromatic carbocycles. The van der Waals surface area contributed by atoms with Crippen molar-refractivity contribution in [2.75, 3.05) is 6.54 Å². The lowest BCUT2D eigenvalue weighted by Crippen LogP contribution is -2.11. The molecule has 0 aliphatic rings. The van der Waals surface area contributed by atoms with Gasteiger partial charge in [-0.15, -0.1) is 0 Å². The molecule has 0 aliphatic heterocycles. The zero-order valence-corrected chi connectivity index (χ0v) is 12.7. The molecule has 2 aromatic rings. The Balaban J connectivity index is 1.85. The van der Waals surface area contributed by atoms with Crippen molar-refractivity contribution in [3.63, 3.8) is 0 Å². The van der Waals surface area contributed by atoms with Gasteiger partial charge in [0.05, 0.1) is 6.61 Å². The van der Waals surface area contributed by atoms with Gasteiger partial charge in [0.25, 0.3) is 0 Å². The number of ether oxygens (including phenoxy) is 1. The summed E-state index contributed by atoms with van der Waals surface area (Å²) in [5.74, 6) is 1.81. The van der Waals surface area contributed by atoms with Crippen molar-refractivity contribution in [3.05, 3.63) is 58.0 Å². The second-order valence-electron chi connectivity index (χ2n) is 4.70. The van der Waals surface area contributed by atoms with Gasteiger partial charge in [0.2, 0.25) is 0 Å². The molecule has 0 spiro atoms. The molecule has 0 fully saturated rings. The molecule has 20 heavy (non-hydrogen) atoms. The highest BCUT2D eigenvalue weighted by Crippen LogP contribution is 2.17. The monoisotopic (exact) mass is 293 g/mol. The molecule has 0 aliphatic carbocycles. The van der Waals surface area contributed by atoms with Crippen LogP contribution in [-0.2, 0) is 24.5 Å². The number of nitrogens with one attached hydrogen (secondary N) is 1. The Hall–Kier alpha value is -1.29. The fraction of sp³-hybridized carbons (Fsp3) is 0.375. The average molecular weight is 294 g/mol. The second kappa shape index (κ2) is 7.48. The number of benzene rings is 1. The molecule has 0 atom stereocenters. The lowest BCUT2D eigenvalue weighted by Gasteiger charge is -2.02. The Labute approximate surface area is 124 Å². The van der Waals surface area contributed by atoms with Crippen LogP contribution in [0.5, 0.6) is 0 Å². The van der Waals surface area contributed by atoms with E-state index in [9.17, 15) is 0 Å². The van der Waals surface area contributed by atoms with Crippen molar-refractivity contribution >= 4 is 11.6 Å². The first kappa shape index (κ1) is 15.1. The summed E-state index contributed by atoms with van der Waals surface area (Å²) >= 11 is 5.93. The third-order valence-electron chi connectivity index (χ3n) is 3.04. The van der Waals surface area contributed by atoms with Crippen LogP contribution in [0, 0.1) is 6.92 Å². The van der Waals surface area contributed by atoms with Crippen molar-refractivity contribution in [3.8, 4) is 0 Å². The van der Waals surface area contributed by atoms with Gasteiger partial charge in [0.1, 0.15) is 18.1 Å². The highest BCUT2D eigenvalue weighted by atomic mass is 35.5. The van der Waals surface area contributed by atoms with E-state index in [4.69, 9.17) is 20.8 Å². The minimum Gasteiger partial charge on any atom is -0.464 e. The van der Waals surface area contributed by atoms with E-state index in [1.807, 2.05) is 31.2 Å². The van der Waals surface area contributed by atoms with E-state index in [0.29, 0.717) is 13.2 Å². The Bertz CT molecular complexity index is 551. The average Bonchev–Trinajstić information content (AvgIpc) is 2.77. The van der Waals surface area contributed by atoms with E-state index in [-0.39, 0.29) is 0 Å². The predicted molar refractivity (Wildman–Crippen MR) is 80.8 cm³/mol. The SMILES string of the molecule is CCNCc1cc(COCc2cccc(Cl)c2)oc1C. The summed E-state index contributed by atoms with van der Waals surface area (Å²) in [6.07, 6.45) is 0. The smallest absolute Gasteiger partial charge is 0.130 e. The fourth-order valence-corrected chi connectivity index (χ4v) is 2.20. The fourth-order valence-electron chi connectivity index (χ4n) is 1.99. The number of hydrogen-bond acceptors (Lipinski definition) is 3. The topological polar surface area (TPSA) is 34.4 Å². The molecule has 108 valence electrons. The Morgan fingerprint density at radius 2 is 2.10 bits per heavy atom. The van der Waals surface area contributed by atoms with Gasteiger partial charge in [-0.3, -0.25) is 0 Å². The molecule has 3 nitrogen and oxygen atoms in total. The molecule has 0 saturated carbocycles. The number of hydrogen-bond donors (Lipinski definition) is 1. The maximum absolute atomic E-state index is 5.93. The molecule has 0 saturated heterocycles. The molecule has 4 heteroatoms. The van der Waals surface area contributed by atoms with Crippen LogP contribution in [0.25, 0.3) is 0 Å². The van der Waals surface area contributed by atoms with E-state index in [0.717, 1.165) is 35.2 Å². The third kappa shape index (κ3) is 4.37. The lowest BCUT2D eigenvalue weighted by molar-refractivity contribution is 0.0924. The maximum Gasteiger partial charge on any atom is 0.130 e. The Morgan fingerprint density at radius 1 is 1.25 bits per heavy atom. The van der Waals surface area contributed by atoms with Gasteiger partial charge in [-0.2, -0.15) is 0 Å². The van der Waals surface area contributed by atoms with Gasteiger partial charge in [0.15, 0.2) is 0 Å². The number of aryl methyl sites for hydroxylation is 1. The van der Waals surface area contributed by atoms with Crippen molar-refractivity contribution in [1.29, 1.82) is 0 Å². The molecule has 2 rings (SSSR count). The zero-order chi connectivity index (χ0) is 14.4. The van der Waals surface area contributed by atoms with E-state index in [1.54, 1.807) is 0 Å². The number of rotatable bonds is 7. The lowest BCUT2D eigenvalue weighted by atomic mass is 10.2. The molecule has 1 heterocycles. The molecule has 0 radical (unpaired) electrons. The van der Waals surface area contributed by atoms with Crippen LogP contribution < -0.4 is 5.32 Å². The molecule has 1 aromatic heterocycles. The van der Waals surface area contributed by atoms with Gasteiger partial charge in [-0.25, -0.2) is 0 Å². The van der Waals surface area contributed by atoms with Gasteiger partial charge >= 0.3 is 0 Å². The third-order valence-corrected chi connectivity index (χ3v) is 3.27. The normalized spacial score (nSPS) is 10.9. The first-order valence-electron chi connectivity index (χ1n) is 6.80. The summed E-state index contributed by atoms with van der Waals surface area (Å²) in [6, 6.07) is 9.73. The molecular formula is C16H20ClNO2. The van der Waals surface area contributed by atoms with E-state index >= 15 is 0 Å². The second-order valence-corrected chi connectivity index (χ2v) is 5.13. The highest BCUT2D eigenvalue weighted by molar-refractivity contribution is 6.30. The van der Waals surface area contributed by atoms with Gasteiger partial charge < -0.3 is 14.5 Å². The van der Waals surface area contributed by atoms with Crippen LogP contribution in [0.2, 0.25) is 5.02 Å². The standard InChI is InChI=1S/C16H20ClNO2/c1-3-18-9-14-8-16(20-12(14)2)11-19-10-13-5-4-6-15(17)7-13/h4-8,18H,3,9-11H2,1-2H3. The summed E-state index contributed by atoms with van der Waals surface area (Å²) < 4.78 is 11.3. The van der Waals surface area contributed by atoms with E-state index < -0.39 is 0 Å². The van der Waals surface area contributed by atoms with E-state index in [1.165, 1.54) is 5.56 Å².